The number of nitrogens with zero attached hydrogens (tertiary/aromatic N) is 7. The Morgan fingerprint density at radius 2 is 1.65 bits per heavy atom. The molecule has 0 N–H and O–H groups in total. The molecular formula is C25H35N7O2. The summed E-state index contributed by atoms with van der Waals surface area (Å²) in [6, 6.07) is 5.72. The Bertz CT molecular complexity index is 977. The van der Waals surface area contributed by atoms with Gasteiger partial charge in [-0.25, -0.2) is 9.97 Å². The summed E-state index contributed by atoms with van der Waals surface area (Å²) >= 11 is 0. The minimum atomic E-state index is 0.0165. The summed E-state index contributed by atoms with van der Waals surface area (Å²) < 4.78 is 5.92. The van der Waals surface area contributed by atoms with Crippen LogP contribution in [0.5, 0.6) is 5.88 Å². The van der Waals surface area contributed by atoms with Crippen LogP contribution in [0.4, 0.5) is 11.8 Å². The van der Waals surface area contributed by atoms with E-state index in [0.29, 0.717) is 37.6 Å². The second-order valence-electron chi connectivity index (χ2n) is 9.65. The summed E-state index contributed by atoms with van der Waals surface area (Å²) in [5, 5.41) is 0. The van der Waals surface area contributed by atoms with Gasteiger partial charge >= 0.3 is 0 Å². The third-order valence-electron chi connectivity index (χ3n) is 7.08. The number of aromatic nitrogens is 3. The van der Waals surface area contributed by atoms with Crippen molar-refractivity contribution in [2.24, 2.45) is 0 Å². The van der Waals surface area contributed by atoms with Crippen LogP contribution in [0.2, 0.25) is 0 Å². The van der Waals surface area contributed by atoms with Gasteiger partial charge in [0.25, 0.3) is 5.91 Å². The summed E-state index contributed by atoms with van der Waals surface area (Å²) in [5.74, 6) is 2.39. The van der Waals surface area contributed by atoms with Crippen LogP contribution in [0.15, 0.2) is 24.4 Å². The molecule has 5 rings (SSSR count). The van der Waals surface area contributed by atoms with Gasteiger partial charge in [0.05, 0.1) is 5.56 Å². The maximum Gasteiger partial charge on any atom is 0.255 e. The van der Waals surface area contributed by atoms with Gasteiger partial charge in [0.1, 0.15) is 11.9 Å². The lowest BCUT2D eigenvalue weighted by Gasteiger charge is -2.36. The molecule has 2 aromatic heterocycles. The van der Waals surface area contributed by atoms with E-state index in [0.717, 1.165) is 56.5 Å². The van der Waals surface area contributed by atoms with Crippen LogP contribution in [0, 0.1) is 6.92 Å². The van der Waals surface area contributed by atoms with Crippen LogP contribution in [-0.4, -0.2) is 96.2 Å². The van der Waals surface area contributed by atoms with E-state index in [1.165, 1.54) is 12.8 Å². The lowest BCUT2D eigenvalue weighted by molar-refractivity contribution is 0.0745. The quantitative estimate of drug-likeness (QED) is 0.665. The fourth-order valence-electron chi connectivity index (χ4n) is 4.92. The molecule has 34 heavy (non-hydrogen) atoms. The van der Waals surface area contributed by atoms with Crippen LogP contribution in [0.3, 0.4) is 0 Å². The first kappa shape index (κ1) is 22.8. The fraction of sp³-hybridized carbons (Fsp3) is 0.600. The molecule has 182 valence electrons. The molecule has 2 aliphatic heterocycles. The van der Waals surface area contributed by atoms with Crippen molar-refractivity contribution in [3.8, 4) is 5.88 Å². The Hall–Kier alpha value is -2.94. The molecule has 0 atom stereocenters. The predicted octanol–water partition coefficient (Wildman–Crippen LogP) is 2.22. The molecule has 3 fully saturated rings. The Morgan fingerprint density at radius 1 is 0.941 bits per heavy atom. The van der Waals surface area contributed by atoms with Gasteiger partial charge in [-0.05, 0) is 45.7 Å². The first-order chi connectivity index (χ1) is 16.5. The molecule has 0 bridgehead atoms. The van der Waals surface area contributed by atoms with Gasteiger partial charge in [0.2, 0.25) is 11.8 Å². The second kappa shape index (κ2) is 10.1. The zero-order valence-corrected chi connectivity index (χ0v) is 20.3. The van der Waals surface area contributed by atoms with Gasteiger partial charge < -0.3 is 24.3 Å². The lowest BCUT2D eigenvalue weighted by Crippen LogP contribution is -2.49. The van der Waals surface area contributed by atoms with Crippen LogP contribution < -0.4 is 14.5 Å². The highest BCUT2D eigenvalue weighted by Gasteiger charge is 2.25. The molecule has 4 heterocycles. The van der Waals surface area contributed by atoms with Gasteiger partial charge in [-0.2, -0.15) is 4.98 Å². The van der Waals surface area contributed by atoms with Crippen LogP contribution in [0.25, 0.3) is 0 Å². The summed E-state index contributed by atoms with van der Waals surface area (Å²) in [5.41, 5.74) is 1.58. The standard InChI is InChI=1S/C25H35N7O2/c1-19-17-22(30-11-9-29(2)10-12-30)28-25(27-19)32-15-13-31(14-16-32)24(33)20-7-8-23(26-18-20)34-21-5-3-4-6-21/h7-8,17-18,21H,3-6,9-16H2,1-2H3. The first-order valence-corrected chi connectivity index (χ1v) is 12.5. The van der Waals surface area contributed by atoms with Crippen LogP contribution in [0.1, 0.15) is 41.7 Å². The van der Waals surface area contributed by atoms with Crippen molar-refractivity contribution in [1.82, 2.24) is 24.8 Å². The predicted molar refractivity (Wildman–Crippen MR) is 132 cm³/mol. The van der Waals surface area contributed by atoms with E-state index in [1.54, 1.807) is 6.20 Å². The molecule has 2 aromatic rings. The number of ether oxygens (including phenoxy) is 1. The third-order valence-corrected chi connectivity index (χ3v) is 7.08. The molecule has 9 heteroatoms. The molecule has 0 spiro atoms. The van der Waals surface area contributed by atoms with E-state index in [-0.39, 0.29) is 12.0 Å². The highest BCUT2D eigenvalue weighted by Crippen LogP contribution is 2.24. The number of rotatable bonds is 5. The highest BCUT2D eigenvalue weighted by molar-refractivity contribution is 5.94. The van der Waals surface area contributed by atoms with Crippen molar-refractivity contribution in [2.45, 2.75) is 38.7 Å². The Kier molecular flexibility index (Phi) is 6.80. The Morgan fingerprint density at radius 3 is 2.32 bits per heavy atom. The number of hydrogen-bond acceptors (Lipinski definition) is 8. The SMILES string of the molecule is Cc1cc(N2CCN(C)CC2)nc(N2CCN(C(=O)c3ccc(OC4CCCC4)nc3)CC2)n1. The van der Waals surface area contributed by atoms with Gasteiger partial charge in [0, 0.05) is 76.4 Å². The minimum absolute atomic E-state index is 0.0165. The van der Waals surface area contributed by atoms with Crippen molar-refractivity contribution >= 4 is 17.7 Å². The number of anilines is 2. The molecule has 1 aliphatic carbocycles. The number of aryl methyl sites for hydroxylation is 1. The molecular weight excluding hydrogens is 430 g/mol. The number of amides is 1. The monoisotopic (exact) mass is 465 g/mol. The Balaban J connectivity index is 1.18. The maximum atomic E-state index is 13.0. The average Bonchev–Trinajstić information content (AvgIpc) is 3.37. The Labute approximate surface area is 201 Å². The van der Waals surface area contributed by atoms with Crippen molar-refractivity contribution in [2.75, 3.05) is 69.2 Å². The number of likely N-dealkylation sites (N-methyl/N-ethyl adjacent to an activating group) is 1. The first-order valence-electron chi connectivity index (χ1n) is 12.5. The summed E-state index contributed by atoms with van der Waals surface area (Å²) in [7, 11) is 2.16. The highest BCUT2D eigenvalue weighted by atomic mass is 16.5. The molecule has 1 saturated carbocycles. The second-order valence-corrected chi connectivity index (χ2v) is 9.65. The fourth-order valence-corrected chi connectivity index (χ4v) is 4.92. The lowest BCUT2D eigenvalue weighted by atomic mass is 10.2. The zero-order valence-electron chi connectivity index (χ0n) is 20.3. The van der Waals surface area contributed by atoms with Gasteiger partial charge in [-0.1, -0.05) is 0 Å². The number of carbonyl (C=O) groups is 1. The van der Waals surface area contributed by atoms with E-state index < -0.39 is 0 Å². The molecule has 0 aromatic carbocycles. The van der Waals surface area contributed by atoms with Crippen LogP contribution in [-0.2, 0) is 0 Å². The van der Waals surface area contributed by atoms with Crippen LogP contribution >= 0.6 is 0 Å². The normalized spacial score (nSPS) is 20.1. The molecule has 2 saturated heterocycles. The van der Waals surface area contributed by atoms with E-state index in [1.807, 2.05) is 24.0 Å². The van der Waals surface area contributed by atoms with Gasteiger partial charge in [-0.15, -0.1) is 0 Å². The summed E-state index contributed by atoms with van der Waals surface area (Å²) in [6.45, 7) is 8.78. The zero-order chi connectivity index (χ0) is 23.5. The largest absolute Gasteiger partial charge is 0.474 e. The summed E-state index contributed by atoms with van der Waals surface area (Å²) in [6.07, 6.45) is 6.53. The minimum Gasteiger partial charge on any atom is -0.474 e. The van der Waals surface area contributed by atoms with E-state index >= 15 is 0 Å². The number of piperazine rings is 2. The summed E-state index contributed by atoms with van der Waals surface area (Å²) in [4.78, 5) is 35.7. The number of hydrogen-bond donors (Lipinski definition) is 0. The number of carbonyl (C=O) groups excluding carboxylic acids is 1. The van der Waals surface area contributed by atoms with E-state index in [4.69, 9.17) is 14.7 Å². The number of pyridine rings is 1. The molecule has 0 unspecified atom stereocenters. The van der Waals surface area contributed by atoms with E-state index in [2.05, 4.69) is 32.8 Å². The molecule has 0 radical (unpaired) electrons. The third kappa shape index (κ3) is 5.24. The molecule has 9 nitrogen and oxygen atoms in total. The topological polar surface area (TPSA) is 77.9 Å². The molecule has 3 aliphatic rings. The van der Waals surface area contributed by atoms with Crippen molar-refractivity contribution < 1.29 is 9.53 Å². The average molecular weight is 466 g/mol. The maximum absolute atomic E-state index is 13.0. The smallest absolute Gasteiger partial charge is 0.255 e. The van der Waals surface area contributed by atoms with Gasteiger partial charge in [-0.3, -0.25) is 4.79 Å². The van der Waals surface area contributed by atoms with Crippen molar-refractivity contribution in [3.63, 3.8) is 0 Å². The molecule has 1 amide bonds. The van der Waals surface area contributed by atoms with E-state index in [9.17, 15) is 4.79 Å². The van der Waals surface area contributed by atoms with Crippen molar-refractivity contribution in [1.29, 1.82) is 0 Å². The van der Waals surface area contributed by atoms with Crippen molar-refractivity contribution in [3.05, 3.63) is 35.7 Å². The van der Waals surface area contributed by atoms with Gasteiger partial charge in [0.15, 0.2) is 0 Å².